The van der Waals surface area contributed by atoms with Crippen LogP contribution >= 0.6 is 0 Å². The number of benzene rings is 1. The molecule has 0 saturated carbocycles. The van der Waals surface area contributed by atoms with Gasteiger partial charge in [0.05, 0.1) is 32.3 Å². The first-order chi connectivity index (χ1) is 17.2. The number of carboxylic acid groups (broad SMARTS) is 1. The average molecular weight is 526 g/mol. The van der Waals surface area contributed by atoms with Gasteiger partial charge in [-0.25, -0.2) is 9.59 Å². The van der Waals surface area contributed by atoms with Gasteiger partial charge in [-0.2, -0.15) is 0 Å². The maximum absolute atomic E-state index is 12.5. The van der Waals surface area contributed by atoms with Crippen LogP contribution in [0, 0.1) is 17.8 Å². The Hall–Kier alpha value is -3.01. The van der Waals surface area contributed by atoms with Crippen molar-refractivity contribution in [3.63, 3.8) is 0 Å². The minimum atomic E-state index is -1.09. The fraction of sp³-hybridized carbons (Fsp3) is 0.667. The third-order valence-electron chi connectivity index (χ3n) is 5.98. The van der Waals surface area contributed by atoms with Gasteiger partial charge in [-0.15, -0.1) is 0 Å². The Balaban J connectivity index is 3.15. The Morgan fingerprint density at radius 3 is 2.19 bits per heavy atom. The second-order valence-electron chi connectivity index (χ2n) is 10.6. The van der Waals surface area contributed by atoms with Crippen molar-refractivity contribution in [3.8, 4) is 11.5 Å². The van der Waals surface area contributed by atoms with Crippen LogP contribution in [-0.2, 0) is 25.5 Å². The van der Waals surface area contributed by atoms with Crippen LogP contribution in [0.2, 0.25) is 0 Å². The van der Waals surface area contributed by atoms with Crippen molar-refractivity contribution in [2.75, 3.05) is 20.8 Å². The summed E-state index contributed by atoms with van der Waals surface area (Å²) in [5.41, 5.74) is 0.179. The van der Waals surface area contributed by atoms with Crippen LogP contribution in [0.3, 0.4) is 0 Å². The van der Waals surface area contributed by atoms with Gasteiger partial charge in [0.1, 0.15) is 5.60 Å². The van der Waals surface area contributed by atoms with Gasteiger partial charge in [0.2, 0.25) is 0 Å². The Morgan fingerprint density at radius 2 is 1.68 bits per heavy atom. The van der Waals surface area contributed by atoms with Gasteiger partial charge in [0, 0.05) is 0 Å². The fourth-order valence-electron chi connectivity index (χ4n) is 3.78. The first-order valence-corrected chi connectivity index (χ1v) is 12.4. The van der Waals surface area contributed by atoms with E-state index >= 15 is 0 Å². The Labute approximate surface area is 219 Å². The normalized spacial score (nSPS) is 14.8. The molecule has 0 fully saturated rings. The number of aliphatic hydroxyl groups is 1. The van der Waals surface area contributed by atoms with Crippen molar-refractivity contribution >= 4 is 18.0 Å². The number of ether oxygens (including phenoxy) is 4. The molecule has 0 radical (unpaired) electrons. The number of carboxylic acids is 1. The summed E-state index contributed by atoms with van der Waals surface area (Å²) in [5.74, 6) is -1.30. The van der Waals surface area contributed by atoms with Gasteiger partial charge >= 0.3 is 18.0 Å². The van der Waals surface area contributed by atoms with E-state index < -0.39 is 41.7 Å². The molecular weight excluding hydrogens is 482 g/mol. The fourth-order valence-corrected chi connectivity index (χ4v) is 3.78. The largest absolute Gasteiger partial charge is 0.493 e. The van der Waals surface area contributed by atoms with Crippen LogP contribution in [0.15, 0.2) is 18.2 Å². The van der Waals surface area contributed by atoms with Crippen molar-refractivity contribution in [3.05, 3.63) is 23.8 Å². The first kappa shape index (κ1) is 32.0. The number of carbonyl (C=O) groups excluding carboxylic acids is 2. The van der Waals surface area contributed by atoms with E-state index in [0.29, 0.717) is 24.3 Å². The Bertz CT molecular complexity index is 894. The molecule has 210 valence electrons. The smallest absolute Gasteiger partial charge is 0.407 e. The molecule has 0 unspecified atom stereocenters. The number of alkyl carbamates (subject to hydrolysis) is 1. The van der Waals surface area contributed by atoms with Gasteiger partial charge in [-0.05, 0) is 69.6 Å². The number of hydrogen-bond acceptors (Lipinski definition) is 8. The van der Waals surface area contributed by atoms with E-state index in [9.17, 15) is 24.6 Å². The molecule has 10 nitrogen and oxygen atoms in total. The summed E-state index contributed by atoms with van der Waals surface area (Å²) in [7, 11) is 2.78. The number of aliphatic hydroxyl groups excluding tert-OH is 1. The predicted octanol–water partition coefficient (Wildman–Crippen LogP) is 3.82. The van der Waals surface area contributed by atoms with Gasteiger partial charge in [-0.1, -0.05) is 26.8 Å². The van der Waals surface area contributed by atoms with E-state index in [1.165, 1.54) is 21.1 Å². The molecule has 0 saturated heterocycles. The van der Waals surface area contributed by atoms with Crippen LogP contribution in [-0.4, -0.2) is 66.8 Å². The third-order valence-corrected chi connectivity index (χ3v) is 5.98. The maximum Gasteiger partial charge on any atom is 0.407 e. The summed E-state index contributed by atoms with van der Waals surface area (Å²) in [5, 5.41) is 23.0. The highest BCUT2D eigenvalue weighted by molar-refractivity contribution is 5.71. The molecule has 0 aliphatic carbocycles. The molecule has 1 aromatic rings. The van der Waals surface area contributed by atoms with E-state index in [-0.39, 0.29) is 24.9 Å². The zero-order chi connectivity index (χ0) is 28.3. The van der Waals surface area contributed by atoms with Crippen LogP contribution in [0.4, 0.5) is 4.79 Å². The lowest BCUT2D eigenvalue weighted by Gasteiger charge is -2.32. The quantitative estimate of drug-likeness (QED) is 0.309. The first-order valence-electron chi connectivity index (χ1n) is 12.4. The summed E-state index contributed by atoms with van der Waals surface area (Å²) in [6, 6.07) is 4.70. The topological polar surface area (TPSA) is 141 Å². The van der Waals surface area contributed by atoms with Crippen LogP contribution in [0.1, 0.15) is 59.9 Å². The molecule has 1 amide bonds. The monoisotopic (exact) mass is 525 g/mol. The van der Waals surface area contributed by atoms with E-state index in [4.69, 9.17) is 14.2 Å². The second kappa shape index (κ2) is 14.7. The van der Waals surface area contributed by atoms with E-state index in [1.807, 2.05) is 19.9 Å². The molecule has 37 heavy (non-hydrogen) atoms. The number of hydrogen-bond donors (Lipinski definition) is 3. The zero-order valence-electron chi connectivity index (χ0n) is 23.2. The molecule has 1 aromatic carbocycles. The standard InChI is InChI=1S/C27H43NO9/c1-16(2)19(12-18-9-10-22(34-7)23(13-18)36-15-24(30)35-8)14-20(21(29)11-17(3)25(31)32)28-26(33)37-27(4,5)6/h9-10,13,16-17,19-21,29H,11-12,14-15H2,1-8H3,(H,28,33)(H,31,32)/t17-,19+,20+,21+/m1/s1. The molecule has 0 aromatic heterocycles. The molecule has 3 N–H and O–H groups in total. The lowest BCUT2D eigenvalue weighted by atomic mass is 9.82. The summed E-state index contributed by atoms with van der Waals surface area (Å²) in [6.45, 7) is 10.6. The lowest BCUT2D eigenvalue weighted by Crippen LogP contribution is -2.47. The summed E-state index contributed by atoms with van der Waals surface area (Å²) in [6.07, 6.45) is -0.826. The summed E-state index contributed by atoms with van der Waals surface area (Å²) >= 11 is 0. The number of esters is 1. The molecule has 0 spiro atoms. The number of nitrogens with one attached hydrogen (secondary N) is 1. The molecule has 4 atom stereocenters. The number of rotatable bonds is 14. The van der Waals surface area contributed by atoms with E-state index in [1.54, 1.807) is 32.9 Å². The van der Waals surface area contributed by atoms with Crippen LogP contribution in [0.5, 0.6) is 11.5 Å². The van der Waals surface area contributed by atoms with Crippen LogP contribution in [0.25, 0.3) is 0 Å². The molecule has 0 aliphatic rings. The van der Waals surface area contributed by atoms with E-state index in [0.717, 1.165) is 5.56 Å². The number of carbonyl (C=O) groups is 3. The molecule has 0 heterocycles. The highest BCUT2D eigenvalue weighted by Crippen LogP contribution is 2.31. The minimum Gasteiger partial charge on any atom is -0.493 e. The minimum absolute atomic E-state index is 0.00317. The molecule has 0 bridgehead atoms. The Morgan fingerprint density at radius 1 is 1.03 bits per heavy atom. The summed E-state index contributed by atoms with van der Waals surface area (Å²) in [4.78, 5) is 35.4. The second-order valence-corrected chi connectivity index (χ2v) is 10.6. The molecule has 0 aliphatic heterocycles. The van der Waals surface area contributed by atoms with Crippen molar-refractivity contribution in [2.45, 2.75) is 78.6 Å². The third kappa shape index (κ3) is 11.7. The van der Waals surface area contributed by atoms with Crippen LogP contribution < -0.4 is 14.8 Å². The van der Waals surface area contributed by atoms with Gasteiger partial charge < -0.3 is 34.5 Å². The van der Waals surface area contributed by atoms with Gasteiger partial charge in [-0.3, -0.25) is 4.79 Å². The number of amides is 1. The maximum atomic E-state index is 12.5. The average Bonchev–Trinajstić information content (AvgIpc) is 2.79. The Kier molecular flexibility index (Phi) is 12.7. The zero-order valence-corrected chi connectivity index (χ0v) is 23.2. The van der Waals surface area contributed by atoms with Crippen molar-refractivity contribution < 1.29 is 43.5 Å². The SMILES string of the molecule is COC(=O)COc1cc(C[C@@H](C[C@H](NC(=O)OC(C)(C)C)[C@@H](O)C[C@@H](C)C(=O)O)C(C)C)ccc1OC. The molecule has 10 heteroatoms. The highest BCUT2D eigenvalue weighted by Gasteiger charge is 2.31. The summed E-state index contributed by atoms with van der Waals surface area (Å²) < 4.78 is 20.9. The van der Waals surface area contributed by atoms with Gasteiger partial charge in [0.15, 0.2) is 18.1 Å². The van der Waals surface area contributed by atoms with Gasteiger partial charge in [0.25, 0.3) is 0 Å². The highest BCUT2D eigenvalue weighted by atomic mass is 16.6. The molecular formula is C27H43NO9. The number of methoxy groups -OCH3 is 2. The van der Waals surface area contributed by atoms with Crippen molar-refractivity contribution in [1.29, 1.82) is 0 Å². The predicted molar refractivity (Wildman–Crippen MR) is 138 cm³/mol. The lowest BCUT2D eigenvalue weighted by molar-refractivity contribution is -0.143. The molecule has 1 rings (SSSR count). The van der Waals surface area contributed by atoms with Crippen molar-refractivity contribution in [2.24, 2.45) is 17.8 Å². The van der Waals surface area contributed by atoms with E-state index in [2.05, 4.69) is 10.1 Å². The number of aliphatic carboxylic acids is 1. The van der Waals surface area contributed by atoms with Crippen molar-refractivity contribution in [1.82, 2.24) is 5.32 Å².